The first-order chi connectivity index (χ1) is 10.6. The lowest BCUT2D eigenvalue weighted by Crippen LogP contribution is -2.37. The fourth-order valence-electron chi connectivity index (χ4n) is 2.00. The molecule has 4 nitrogen and oxygen atoms in total. The molecule has 0 fully saturated rings. The summed E-state index contributed by atoms with van der Waals surface area (Å²) in [4.78, 5) is 16.5. The van der Waals surface area contributed by atoms with Gasteiger partial charge < -0.3 is 10.6 Å². The van der Waals surface area contributed by atoms with E-state index in [0.717, 1.165) is 22.7 Å². The average molecular weight is 354 g/mol. The van der Waals surface area contributed by atoms with Crippen LogP contribution >= 0.6 is 23.7 Å². The van der Waals surface area contributed by atoms with E-state index in [1.165, 1.54) is 5.56 Å². The molecular formula is C17H24ClN3OS. The maximum absolute atomic E-state index is 11.9. The summed E-state index contributed by atoms with van der Waals surface area (Å²) >= 11 is 1.58. The highest BCUT2D eigenvalue weighted by Crippen LogP contribution is 2.24. The molecule has 23 heavy (non-hydrogen) atoms. The van der Waals surface area contributed by atoms with Crippen molar-refractivity contribution in [3.05, 3.63) is 40.9 Å². The van der Waals surface area contributed by atoms with Crippen LogP contribution in [0.15, 0.2) is 29.6 Å². The number of thiazole rings is 1. The predicted octanol–water partition coefficient (Wildman–Crippen LogP) is 3.06. The largest absolute Gasteiger partial charge is 0.354 e. The van der Waals surface area contributed by atoms with Crippen LogP contribution in [0.1, 0.15) is 25.1 Å². The molecule has 1 aromatic heterocycles. The van der Waals surface area contributed by atoms with Gasteiger partial charge in [-0.05, 0) is 26.0 Å². The second-order valence-electron chi connectivity index (χ2n) is 5.37. The molecule has 0 aliphatic heterocycles. The Balaban J connectivity index is 0.00000264. The van der Waals surface area contributed by atoms with Crippen molar-refractivity contribution in [2.45, 2.75) is 32.7 Å². The van der Waals surface area contributed by atoms with E-state index < -0.39 is 0 Å². The fourth-order valence-corrected chi connectivity index (χ4v) is 2.83. The van der Waals surface area contributed by atoms with Crippen LogP contribution in [0.4, 0.5) is 0 Å². The Morgan fingerprint density at radius 2 is 2.00 bits per heavy atom. The van der Waals surface area contributed by atoms with Gasteiger partial charge in [0.2, 0.25) is 5.91 Å². The maximum atomic E-state index is 11.9. The number of carbonyl (C=O) groups is 1. The first kappa shape index (κ1) is 19.6. The second kappa shape index (κ2) is 9.65. The van der Waals surface area contributed by atoms with E-state index in [-0.39, 0.29) is 24.4 Å². The zero-order chi connectivity index (χ0) is 15.9. The molecule has 2 N–H and O–H groups in total. The quantitative estimate of drug-likeness (QED) is 0.804. The number of amides is 1. The number of hydrogen-bond acceptors (Lipinski definition) is 4. The van der Waals surface area contributed by atoms with Gasteiger partial charge in [0, 0.05) is 23.5 Å². The molecule has 1 aromatic carbocycles. The zero-order valence-corrected chi connectivity index (χ0v) is 15.4. The number of aryl methyl sites for hydroxylation is 1. The van der Waals surface area contributed by atoms with E-state index in [1.807, 2.05) is 19.4 Å². The van der Waals surface area contributed by atoms with Crippen LogP contribution in [-0.2, 0) is 17.6 Å². The second-order valence-corrected chi connectivity index (χ2v) is 6.22. The summed E-state index contributed by atoms with van der Waals surface area (Å²) in [5.41, 5.74) is 3.26. The molecule has 2 rings (SSSR count). The van der Waals surface area contributed by atoms with E-state index in [9.17, 15) is 4.79 Å². The first-order valence-electron chi connectivity index (χ1n) is 7.60. The van der Waals surface area contributed by atoms with Gasteiger partial charge in [0.05, 0.1) is 12.1 Å². The minimum atomic E-state index is 0. The third-order valence-electron chi connectivity index (χ3n) is 3.60. The summed E-state index contributed by atoms with van der Waals surface area (Å²) in [6.45, 7) is 4.80. The van der Waals surface area contributed by atoms with Crippen LogP contribution in [0, 0.1) is 0 Å². The summed E-state index contributed by atoms with van der Waals surface area (Å²) in [5.74, 6) is 0.0141. The van der Waals surface area contributed by atoms with Gasteiger partial charge in [-0.15, -0.1) is 23.7 Å². The molecule has 6 heteroatoms. The minimum Gasteiger partial charge on any atom is -0.354 e. The van der Waals surface area contributed by atoms with Crippen LogP contribution in [-0.4, -0.2) is 30.5 Å². The van der Waals surface area contributed by atoms with Crippen molar-refractivity contribution in [2.24, 2.45) is 0 Å². The third kappa shape index (κ3) is 5.94. The Hall–Kier alpha value is -1.43. The minimum absolute atomic E-state index is 0. The Morgan fingerprint density at radius 1 is 1.30 bits per heavy atom. The van der Waals surface area contributed by atoms with Crippen molar-refractivity contribution >= 4 is 29.7 Å². The molecule has 1 unspecified atom stereocenters. The van der Waals surface area contributed by atoms with Crippen molar-refractivity contribution < 1.29 is 4.79 Å². The number of likely N-dealkylation sites (N-methyl/N-ethyl adjacent to an activating group) is 1. The van der Waals surface area contributed by atoms with E-state index in [0.29, 0.717) is 13.0 Å². The number of carbonyl (C=O) groups excluding carboxylic acids is 1. The van der Waals surface area contributed by atoms with Gasteiger partial charge in [0.1, 0.15) is 5.01 Å². The lowest BCUT2D eigenvalue weighted by Gasteiger charge is -2.10. The van der Waals surface area contributed by atoms with Crippen molar-refractivity contribution in [1.82, 2.24) is 15.6 Å². The molecule has 0 bridgehead atoms. The molecule has 0 saturated heterocycles. The number of nitrogens with one attached hydrogen (secondary N) is 2. The summed E-state index contributed by atoms with van der Waals surface area (Å²) in [7, 11) is 1.88. The van der Waals surface area contributed by atoms with E-state index in [4.69, 9.17) is 0 Å². The van der Waals surface area contributed by atoms with E-state index in [2.05, 4.69) is 46.8 Å². The average Bonchev–Trinajstić information content (AvgIpc) is 3.01. The first-order valence-corrected chi connectivity index (χ1v) is 8.48. The molecule has 1 amide bonds. The van der Waals surface area contributed by atoms with E-state index in [1.54, 1.807) is 11.3 Å². The molecule has 1 heterocycles. The molecule has 0 spiro atoms. The highest BCUT2D eigenvalue weighted by atomic mass is 35.5. The fraction of sp³-hybridized carbons (Fsp3) is 0.412. The van der Waals surface area contributed by atoms with Gasteiger partial charge in [-0.2, -0.15) is 0 Å². The normalized spacial score (nSPS) is 11.6. The van der Waals surface area contributed by atoms with Crippen molar-refractivity contribution in [3.8, 4) is 10.6 Å². The zero-order valence-electron chi connectivity index (χ0n) is 13.8. The van der Waals surface area contributed by atoms with Gasteiger partial charge in [-0.25, -0.2) is 4.98 Å². The van der Waals surface area contributed by atoms with Crippen molar-refractivity contribution in [3.63, 3.8) is 0 Å². The molecular weight excluding hydrogens is 330 g/mol. The SMILES string of the molecule is CCc1ccc(-c2nc(CC(=O)NCC(C)NC)cs2)cc1.Cl. The summed E-state index contributed by atoms with van der Waals surface area (Å²) in [6.07, 6.45) is 1.37. The van der Waals surface area contributed by atoms with Gasteiger partial charge >= 0.3 is 0 Å². The molecule has 1 atom stereocenters. The molecule has 0 aliphatic carbocycles. The maximum Gasteiger partial charge on any atom is 0.226 e. The topological polar surface area (TPSA) is 54.0 Å². The summed E-state index contributed by atoms with van der Waals surface area (Å²) in [6, 6.07) is 8.71. The number of nitrogens with zero attached hydrogens (tertiary/aromatic N) is 1. The summed E-state index contributed by atoms with van der Waals surface area (Å²) < 4.78 is 0. The van der Waals surface area contributed by atoms with E-state index >= 15 is 0 Å². The monoisotopic (exact) mass is 353 g/mol. The third-order valence-corrected chi connectivity index (χ3v) is 4.54. The van der Waals surface area contributed by atoms with Gasteiger partial charge in [-0.3, -0.25) is 4.79 Å². The number of aromatic nitrogens is 1. The van der Waals surface area contributed by atoms with Crippen LogP contribution in [0.25, 0.3) is 10.6 Å². The highest BCUT2D eigenvalue weighted by molar-refractivity contribution is 7.13. The Kier molecular flexibility index (Phi) is 8.23. The van der Waals surface area contributed by atoms with Crippen molar-refractivity contribution in [2.75, 3.05) is 13.6 Å². The number of rotatable bonds is 7. The van der Waals surface area contributed by atoms with Gasteiger partial charge in [-0.1, -0.05) is 31.2 Å². The van der Waals surface area contributed by atoms with Gasteiger partial charge in [0.25, 0.3) is 0 Å². The van der Waals surface area contributed by atoms with Crippen LogP contribution in [0.3, 0.4) is 0 Å². The number of benzene rings is 1. The molecule has 2 aromatic rings. The van der Waals surface area contributed by atoms with Crippen LogP contribution < -0.4 is 10.6 Å². The summed E-state index contributed by atoms with van der Waals surface area (Å²) in [5, 5.41) is 8.93. The Labute approximate surface area is 148 Å². The number of hydrogen-bond donors (Lipinski definition) is 2. The molecule has 0 aliphatic rings. The Bertz CT molecular complexity index is 613. The van der Waals surface area contributed by atoms with Crippen molar-refractivity contribution in [1.29, 1.82) is 0 Å². The standard InChI is InChI=1S/C17H23N3OS.ClH/c1-4-13-5-7-14(8-6-13)17-20-15(11-22-17)9-16(21)19-10-12(2)18-3;/h5-8,11-12,18H,4,9-10H2,1-3H3,(H,19,21);1H. The highest BCUT2D eigenvalue weighted by Gasteiger charge is 2.09. The lowest BCUT2D eigenvalue weighted by atomic mass is 10.1. The molecule has 0 radical (unpaired) electrons. The smallest absolute Gasteiger partial charge is 0.226 e. The molecule has 126 valence electrons. The lowest BCUT2D eigenvalue weighted by molar-refractivity contribution is -0.120. The van der Waals surface area contributed by atoms with Gasteiger partial charge in [0.15, 0.2) is 0 Å². The van der Waals surface area contributed by atoms with Crippen LogP contribution in [0.2, 0.25) is 0 Å². The predicted molar refractivity (Wildman–Crippen MR) is 99.4 cm³/mol. The van der Waals surface area contributed by atoms with Crippen LogP contribution in [0.5, 0.6) is 0 Å². The number of halogens is 1. The Morgan fingerprint density at radius 3 is 2.61 bits per heavy atom. The molecule has 0 saturated carbocycles.